The summed E-state index contributed by atoms with van der Waals surface area (Å²) in [7, 11) is 1.47. The highest BCUT2D eigenvalue weighted by Crippen LogP contribution is 2.26. The van der Waals surface area contributed by atoms with Gasteiger partial charge in [-0.1, -0.05) is 0 Å². The van der Waals surface area contributed by atoms with Gasteiger partial charge in [-0.15, -0.1) is 0 Å². The molecule has 0 radical (unpaired) electrons. The van der Waals surface area contributed by atoms with Crippen molar-refractivity contribution in [3.8, 4) is 0 Å². The van der Waals surface area contributed by atoms with Gasteiger partial charge in [-0.05, 0) is 19.1 Å². The molecule has 0 atom stereocenters. The van der Waals surface area contributed by atoms with Crippen molar-refractivity contribution in [2.75, 3.05) is 12.4 Å². The van der Waals surface area contributed by atoms with E-state index in [0.717, 1.165) is 5.69 Å². The van der Waals surface area contributed by atoms with Crippen molar-refractivity contribution in [3.05, 3.63) is 57.7 Å². The molecule has 1 heterocycles. The van der Waals surface area contributed by atoms with Crippen LogP contribution in [0.5, 0.6) is 0 Å². The zero-order valence-electron chi connectivity index (χ0n) is 12.2. The summed E-state index contributed by atoms with van der Waals surface area (Å²) in [6.07, 6.45) is 3.23. The van der Waals surface area contributed by atoms with Crippen LogP contribution in [0, 0.1) is 17.0 Å². The lowest BCUT2D eigenvalue weighted by Crippen LogP contribution is -2.18. The van der Waals surface area contributed by atoms with E-state index in [0.29, 0.717) is 17.9 Å². The smallest absolute Gasteiger partial charge is 0.293 e. The summed E-state index contributed by atoms with van der Waals surface area (Å²) in [4.78, 5) is 30.4. The normalized spacial score (nSPS) is 10.1. The van der Waals surface area contributed by atoms with E-state index in [1.807, 2.05) is 6.92 Å². The molecule has 0 spiro atoms. The molecule has 0 aliphatic rings. The Balaban J connectivity index is 2.21. The fourth-order valence-corrected chi connectivity index (χ4v) is 1.81. The number of nitro benzene ring substituents is 1. The van der Waals surface area contributed by atoms with Gasteiger partial charge < -0.3 is 10.6 Å². The van der Waals surface area contributed by atoms with Gasteiger partial charge in [-0.25, -0.2) is 0 Å². The van der Waals surface area contributed by atoms with Crippen molar-refractivity contribution in [1.82, 2.24) is 15.3 Å². The van der Waals surface area contributed by atoms with Crippen LogP contribution < -0.4 is 10.6 Å². The number of aryl methyl sites for hydroxylation is 1. The van der Waals surface area contributed by atoms with E-state index in [9.17, 15) is 14.9 Å². The van der Waals surface area contributed by atoms with Gasteiger partial charge in [0.15, 0.2) is 0 Å². The van der Waals surface area contributed by atoms with E-state index < -0.39 is 4.92 Å². The largest absolute Gasteiger partial charge is 0.374 e. The number of hydrogen-bond donors (Lipinski definition) is 2. The Morgan fingerprint density at radius 1 is 1.32 bits per heavy atom. The van der Waals surface area contributed by atoms with Gasteiger partial charge in [-0.2, -0.15) is 0 Å². The third kappa shape index (κ3) is 3.54. The fraction of sp³-hybridized carbons (Fsp3) is 0.214. The van der Waals surface area contributed by atoms with Crippen LogP contribution in [0.1, 0.15) is 21.7 Å². The van der Waals surface area contributed by atoms with E-state index in [1.165, 1.54) is 25.2 Å². The second-order valence-corrected chi connectivity index (χ2v) is 4.57. The maximum absolute atomic E-state index is 11.5. The van der Waals surface area contributed by atoms with Gasteiger partial charge in [-0.3, -0.25) is 24.9 Å². The van der Waals surface area contributed by atoms with Crippen molar-refractivity contribution in [2.24, 2.45) is 0 Å². The van der Waals surface area contributed by atoms with Gasteiger partial charge in [0, 0.05) is 24.9 Å². The molecule has 8 heteroatoms. The highest BCUT2D eigenvalue weighted by Gasteiger charge is 2.17. The molecule has 0 unspecified atom stereocenters. The zero-order chi connectivity index (χ0) is 16.1. The van der Waals surface area contributed by atoms with Crippen molar-refractivity contribution in [1.29, 1.82) is 0 Å². The molecule has 8 nitrogen and oxygen atoms in total. The molecule has 0 aliphatic carbocycles. The summed E-state index contributed by atoms with van der Waals surface area (Å²) in [6, 6.07) is 4.27. The van der Waals surface area contributed by atoms with Crippen LogP contribution >= 0.6 is 0 Å². The van der Waals surface area contributed by atoms with Crippen LogP contribution in [0.4, 0.5) is 11.4 Å². The van der Waals surface area contributed by atoms with E-state index in [1.54, 1.807) is 12.4 Å². The number of nitrogens with one attached hydrogen (secondary N) is 2. The second-order valence-electron chi connectivity index (χ2n) is 4.57. The maximum atomic E-state index is 11.5. The molecule has 114 valence electrons. The predicted molar refractivity (Wildman–Crippen MR) is 80.6 cm³/mol. The number of nitro groups is 1. The molecule has 1 amide bonds. The van der Waals surface area contributed by atoms with Crippen molar-refractivity contribution >= 4 is 17.3 Å². The molecule has 0 saturated heterocycles. The number of anilines is 1. The lowest BCUT2D eigenvalue weighted by molar-refractivity contribution is -0.384. The number of rotatable bonds is 5. The minimum atomic E-state index is -0.532. The molecule has 2 N–H and O–H groups in total. The molecule has 0 bridgehead atoms. The summed E-state index contributed by atoms with van der Waals surface area (Å²) in [5, 5.41) is 16.5. The predicted octanol–water partition coefficient (Wildman–Crippen LogP) is 1.66. The molecule has 2 aromatic rings. The standard InChI is InChI=1S/C14H15N5O3/c1-9-6-17-11(7-16-9)8-18-12-4-3-10(14(20)15-2)5-13(12)19(21)22/h3-7,18H,8H2,1-2H3,(H,15,20). The molecule has 1 aromatic carbocycles. The number of nitrogens with zero attached hydrogens (tertiary/aromatic N) is 3. The van der Waals surface area contributed by atoms with Gasteiger partial charge in [0.05, 0.1) is 29.1 Å². The molecule has 0 fully saturated rings. The van der Waals surface area contributed by atoms with E-state index in [-0.39, 0.29) is 17.2 Å². The molecule has 1 aromatic heterocycles. The monoisotopic (exact) mass is 301 g/mol. The quantitative estimate of drug-likeness (QED) is 0.642. The highest BCUT2D eigenvalue weighted by atomic mass is 16.6. The van der Waals surface area contributed by atoms with Crippen LogP contribution in [-0.4, -0.2) is 27.8 Å². The Kier molecular flexibility index (Phi) is 4.62. The summed E-state index contributed by atoms with van der Waals surface area (Å²) >= 11 is 0. The molecule has 0 aliphatic heterocycles. The van der Waals surface area contributed by atoms with E-state index in [2.05, 4.69) is 20.6 Å². The zero-order valence-corrected chi connectivity index (χ0v) is 12.2. The molecular formula is C14H15N5O3. The third-order valence-electron chi connectivity index (χ3n) is 2.98. The first-order valence-electron chi connectivity index (χ1n) is 6.53. The van der Waals surface area contributed by atoms with Crippen molar-refractivity contribution < 1.29 is 9.72 Å². The molecule has 2 rings (SSSR count). The Labute approximate surface area is 126 Å². The summed E-state index contributed by atoms with van der Waals surface area (Å²) in [6.45, 7) is 2.12. The molecular weight excluding hydrogens is 286 g/mol. The number of carbonyl (C=O) groups excluding carboxylic acids is 1. The fourth-order valence-electron chi connectivity index (χ4n) is 1.81. The average molecular weight is 301 g/mol. The van der Waals surface area contributed by atoms with E-state index in [4.69, 9.17) is 0 Å². The topological polar surface area (TPSA) is 110 Å². The van der Waals surface area contributed by atoms with Gasteiger partial charge >= 0.3 is 0 Å². The number of aromatic nitrogens is 2. The minimum Gasteiger partial charge on any atom is -0.374 e. The number of amides is 1. The van der Waals surface area contributed by atoms with Crippen LogP contribution in [0.2, 0.25) is 0 Å². The number of carbonyl (C=O) groups is 1. The van der Waals surface area contributed by atoms with Crippen LogP contribution in [0.3, 0.4) is 0 Å². The number of hydrogen-bond acceptors (Lipinski definition) is 6. The summed E-state index contributed by atoms with van der Waals surface area (Å²) in [5.74, 6) is -0.376. The first-order chi connectivity index (χ1) is 10.5. The van der Waals surface area contributed by atoms with Crippen LogP contribution in [0.15, 0.2) is 30.6 Å². The Bertz CT molecular complexity index is 700. The Hall–Kier alpha value is -3.03. The number of benzene rings is 1. The van der Waals surface area contributed by atoms with Gasteiger partial charge in [0.25, 0.3) is 11.6 Å². The second kappa shape index (κ2) is 6.61. The average Bonchev–Trinajstić information content (AvgIpc) is 2.53. The summed E-state index contributed by atoms with van der Waals surface area (Å²) in [5.41, 5.74) is 1.84. The third-order valence-corrected chi connectivity index (χ3v) is 2.98. The molecule has 0 saturated carbocycles. The van der Waals surface area contributed by atoms with Gasteiger partial charge in [0.2, 0.25) is 0 Å². The lowest BCUT2D eigenvalue weighted by Gasteiger charge is -2.08. The molecule has 22 heavy (non-hydrogen) atoms. The van der Waals surface area contributed by atoms with Crippen LogP contribution in [0.25, 0.3) is 0 Å². The highest BCUT2D eigenvalue weighted by molar-refractivity contribution is 5.95. The van der Waals surface area contributed by atoms with Gasteiger partial charge in [0.1, 0.15) is 5.69 Å². The minimum absolute atomic E-state index is 0.166. The van der Waals surface area contributed by atoms with E-state index >= 15 is 0 Å². The lowest BCUT2D eigenvalue weighted by atomic mass is 10.1. The maximum Gasteiger partial charge on any atom is 0.293 e. The first kappa shape index (κ1) is 15.4. The Morgan fingerprint density at radius 2 is 2.09 bits per heavy atom. The van der Waals surface area contributed by atoms with Crippen molar-refractivity contribution in [2.45, 2.75) is 13.5 Å². The SMILES string of the molecule is CNC(=O)c1ccc(NCc2cnc(C)cn2)c([N+](=O)[O-])c1. The first-order valence-corrected chi connectivity index (χ1v) is 6.53. The van der Waals surface area contributed by atoms with Crippen LogP contribution in [-0.2, 0) is 6.54 Å². The van der Waals surface area contributed by atoms with Crippen molar-refractivity contribution in [3.63, 3.8) is 0 Å². The summed E-state index contributed by atoms with van der Waals surface area (Å²) < 4.78 is 0. The Morgan fingerprint density at radius 3 is 2.68 bits per heavy atom.